The van der Waals surface area contributed by atoms with Crippen LogP contribution in [0.4, 0.5) is 0 Å². The van der Waals surface area contributed by atoms with Crippen molar-refractivity contribution in [3.8, 4) is 0 Å². The van der Waals surface area contributed by atoms with Gasteiger partial charge in [-0.05, 0) is 42.4 Å². The summed E-state index contributed by atoms with van der Waals surface area (Å²) < 4.78 is 1.14. The zero-order valence-electron chi connectivity index (χ0n) is 10.5. The molecule has 0 radical (unpaired) electrons. The monoisotopic (exact) mass is 293 g/mol. The predicted molar refractivity (Wildman–Crippen MR) is 76.9 cm³/mol. The molecule has 1 atom stereocenters. The minimum absolute atomic E-state index is 0.226. The Hall–Kier alpha value is -0.600. The summed E-state index contributed by atoms with van der Waals surface area (Å²) in [4.78, 5) is 0. The largest absolute Gasteiger partial charge is 0.324 e. The summed E-state index contributed by atoms with van der Waals surface area (Å²) in [5.74, 6) is 0. The van der Waals surface area contributed by atoms with Crippen molar-refractivity contribution in [2.24, 2.45) is 11.1 Å². The Labute approximate surface area is 112 Å². The van der Waals surface area contributed by atoms with Gasteiger partial charge in [0.25, 0.3) is 0 Å². The van der Waals surface area contributed by atoms with Gasteiger partial charge in [-0.25, -0.2) is 0 Å². The second-order valence-corrected chi connectivity index (χ2v) is 6.75. The molecule has 0 heterocycles. The molecule has 1 nitrogen and oxygen atoms in total. The lowest BCUT2D eigenvalue weighted by Gasteiger charge is -2.33. The molecule has 1 aliphatic rings. The van der Waals surface area contributed by atoms with Crippen LogP contribution in [0, 0.1) is 5.41 Å². The summed E-state index contributed by atoms with van der Waals surface area (Å²) in [6, 6.07) is 8.79. The molecule has 0 saturated carbocycles. The zero-order valence-corrected chi connectivity index (χ0v) is 12.1. The Balaban J connectivity index is 2.11. The van der Waals surface area contributed by atoms with E-state index in [2.05, 4.69) is 60.1 Å². The van der Waals surface area contributed by atoms with Crippen LogP contribution >= 0.6 is 15.9 Å². The van der Waals surface area contributed by atoms with Crippen molar-refractivity contribution < 1.29 is 0 Å². The number of benzene rings is 1. The van der Waals surface area contributed by atoms with Crippen LogP contribution in [0.25, 0.3) is 0 Å². The molecular weight excluding hydrogens is 274 g/mol. The molecule has 0 bridgehead atoms. The van der Waals surface area contributed by atoms with Gasteiger partial charge in [-0.3, -0.25) is 0 Å². The van der Waals surface area contributed by atoms with Crippen molar-refractivity contribution in [3.05, 3.63) is 46.0 Å². The van der Waals surface area contributed by atoms with E-state index in [9.17, 15) is 0 Å². The maximum Gasteiger partial charge on any atom is 0.0231 e. The second-order valence-electron chi connectivity index (χ2n) is 5.84. The summed E-state index contributed by atoms with van der Waals surface area (Å²) in [6.07, 6.45) is 5.55. The van der Waals surface area contributed by atoms with Crippen LogP contribution in [0.2, 0.25) is 0 Å². The summed E-state index contributed by atoms with van der Waals surface area (Å²) in [7, 11) is 0. The minimum Gasteiger partial charge on any atom is -0.324 e. The van der Waals surface area contributed by atoms with E-state index in [4.69, 9.17) is 5.73 Å². The first-order valence-electron chi connectivity index (χ1n) is 6.14. The van der Waals surface area contributed by atoms with E-state index in [0.717, 1.165) is 23.7 Å². The molecule has 1 aromatic carbocycles. The molecule has 92 valence electrons. The highest BCUT2D eigenvalue weighted by atomic mass is 79.9. The first-order chi connectivity index (χ1) is 7.94. The van der Waals surface area contributed by atoms with E-state index >= 15 is 0 Å². The van der Waals surface area contributed by atoms with Crippen LogP contribution in [0.5, 0.6) is 0 Å². The topological polar surface area (TPSA) is 26.0 Å². The normalized spacial score (nSPS) is 23.3. The quantitative estimate of drug-likeness (QED) is 0.818. The number of hydrogen-bond donors (Lipinski definition) is 1. The van der Waals surface area contributed by atoms with Gasteiger partial charge in [0.15, 0.2) is 0 Å². The number of nitrogens with two attached hydrogens (primary N) is 1. The Kier molecular flexibility index (Phi) is 3.74. The molecule has 0 spiro atoms. The van der Waals surface area contributed by atoms with Crippen LogP contribution in [-0.4, -0.2) is 6.04 Å². The lowest BCUT2D eigenvalue weighted by atomic mass is 9.74. The number of hydrogen-bond acceptors (Lipinski definition) is 1. The van der Waals surface area contributed by atoms with E-state index in [1.165, 1.54) is 11.1 Å². The smallest absolute Gasteiger partial charge is 0.0231 e. The van der Waals surface area contributed by atoms with Crippen molar-refractivity contribution in [1.29, 1.82) is 0 Å². The fourth-order valence-electron chi connectivity index (χ4n) is 2.73. The number of rotatable bonds is 2. The standard InChI is InChI=1S/C15H20BrN/c1-15(2)9-12(8-14(17)10-15)7-11-3-5-13(16)6-4-11/h3-6,8,14H,7,9-10,17H2,1-2H3. The van der Waals surface area contributed by atoms with Crippen molar-refractivity contribution in [3.63, 3.8) is 0 Å². The molecule has 1 aliphatic carbocycles. The Morgan fingerprint density at radius 3 is 2.53 bits per heavy atom. The fourth-order valence-corrected chi connectivity index (χ4v) is 3.00. The predicted octanol–water partition coefficient (Wildman–Crippen LogP) is 4.07. The van der Waals surface area contributed by atoms with Crippen molar-refractivity contribution >= 4 is 15.9 Å². The second kappa shape index (κ2) is 4.95. The summed E-state index contributed by atoms with van der Waals surface area (Å²) in [6.45, 7) is 4.61. The van der Waals surface area contributed by atoms with Crippen LogP contribution in [0.15, 0.2) is 40.4 Å². The first kappa shape index (κ1) is 12.8. The Morgan fingerprint density at radius 1 is 1.29 bits per heavy atom. The molecule has 2 rings (SSSR count). The van der Waals surface area contributed by atoms with Gasteiger partial charge in [-0.15, -0.1) is 0 Å². The van der Waals surface area contributed by atoms with Crippen LogP contribution in [-0.2, 0) is 6.42 Å². The molecule has 0 aliphatic heterocycles. The van der Waals surface area contributed by atoms with E-state index < -0.39 is 0 Å². The molecule has 2 heteroatoms. The number of halogens is 1. The van der Waals surface area contributed by atoms with E-state index in [-0.39, 0.29) is 6.04 Å². The average molecular weight is 294 g/mol. The summed E-state index contributed by atoms with van der Waals surface area (Å²) in [5, 5.41) is 0. The molecule has 0 fully saturated rings. The SMILES string of the molecule is CC1(C)CC(Cc2ccc(Br)cc2)=CC(N)C1. The molecule has 0 aromatic heterocycles. The Morgan fingerprint density at radius 2 is 1.94 bits per heavy atom. The van der Waals surface area contributed by atoms with Gasteiger partial charge in [-0.2, -0.15) is 0 Å². The maximum absolute atomic E-state index is 6.09. The minimum atomic E-state index is 0.226. The molecule has 0 amide bonds. The third-order valence-electron chi connectivity index (χ3n) is 3.29. The zero-order chi connectivity index (χ0) is 12.5. The van der Waals surface area contributed by atoms with Gasteiger partial charge in [0, 0.05) is 10.5 Å². The maximum atomic E-state index is 6.09. The molecule has 2 N–H and O–H groups in total. The van der Waals surface area contributed by atoms with Crippen molar-refractivity contribution in [1.82, 2.24) is 0 Å². The van der Waals surface area contributed by atoms with E-state index in [0.29, 0.717) is 5.41 Å². The van der Waals surface area contributed by atoms with Gasteiger partial charge in [-0.1, -0.05) is 53.6 Å². The lowest BCUT2D eigenvalue weighted by molar-refractivity contribution is 0.299. The highest BCUT2D eigenvalue weighted by Gasteiger charge is 2.26. The summed E-state index contributed by atoms with van der Waals surface area (Å²) in [5.41, 5.74) is 9.29. The van der Waals surface area contributed by atoms with Gasteiger partial charge < -0.3 is 5.73 Å². The van der Waals surface area contributed by atoms with Crippen LogP contribution in [0.3, 0.4) is 0 Å². The lowest BCUT2D eigenvalue weighted by Crippen LogP contribution is -2.31. The average Bonchev–Trinajstić information content (AvgIpc) is 2.18. The third-order valence-corrected chi connectivity index (χ3v) is 3.82. The number of allylic oxidation sites excluding steroid dienone is 1. The highest BCUT2D eigenvalue weighted by Crippen LogP contribution is 2.35. The molecule has 0 saturated heterocycles. The van der Waals surface area contributed by atoms with Gasteiger partial charge in [0.05, 0.1) is 0 Å². The van der Waals surface area contributed by atoms with E-state index in [1.807, 2.05) is 0 Å². The third kappa shape index (κ3) is 3.68. The van der Waals surface area contributed by atoms with E-state index in [1.54, 1.807) is 0 Å². The molecule has 1 unspecified atom stereocenters. The van der Waals surface area contributed by atoms with Gasteiger partial charge in [0.1, 0.15) is 0 Å². The Bertz CT molecular complexity index is 417. The van der Waals surface area contributed by atoms with Crippen molar-refractivity contribution in [2.45, 2.75) is 39.2 Å². The van der Waals surface area contributed by atoms with Gasteiger partial charge >= 0.3 is 0 Å². The molecular formula is C15H20BrN. The summed E-state index contributed by atoms with van der Waals surface area (Å²) >= 11 is 3.46. The highest BCUT2D eigenvalue weighted by molar-refractivity contribution is 9.10. The molecule has 17 heavy (non-hydrogen) atoms. The first-order valence-corrected chi connectivity index (χ1v) is 6.93. The molecule has 1 aromatic rings. The fraction of sp³-hybridized carbons (Fsp3) is 0.467. The van der Waals surface area contributed by atoms with Crippen LogP contribution in [0.1, 0.15) is 32.3 Å². The van der Waals surface area contributed by atoms with Crippen LogP contribution < -0.4 is 5.73 Å². The van der Waals surface area contributed by atoms with Crippen molar-refractivity contribution in [2.75, 3.05) is 0 Å². The van der Waals surface area contributed by atoms with Gasteiger partial charge in [0.2, 0.25) is 0 Å².